The number of nitrogens with zero attached hydrogens (tertiary/aromatic N) is 1. The molecule has 3 rings (SSSR count). The lowest BCUT2D eigenvalue weighted by Crippen LogP contribution is -2.26. The third kappa shape index (κ3) is 3.02. The number of carbonyl (C=O) groups excluding carboxylic acids is 1. The van der Waals surface area contributed by atoms with Gasteiger partial charge in [0.2, 0.25) is 10.0 Å². The number of hydrogen-bond donors (Lipinski definition) is 1. The van der Waals surface area contributed by atoms with Crippen LogP contribution < -0.4 is 10.0 Å². The molecular formula is C16H18N2O4S. The topological polar surface area (TPSA) is 93.6 Å². The van der Waals surface area contributed by atoms with Crippen molar-refractivity contribution in [1.29, 1.82) is 0 Å². The standard InChI is InChI=1S/C16H18N2O4S/c1-11(19)12-6-7-14(16(10-12)23(17,20)21)18-8-2-4-13(18)15-5-3-9-22-15/h3,5-7,9-10,13H,2,4,8H2,1H3,(H2,17,20,21). The van der Waals surface area contributed by atoms with E-state index in [2.05, 4.69) is 0 Å². The Morgan fingerprint density at radius 2 is 2.13 bits per heavy atom. The van der Waals surface area contributed by atoms with Crippen molar-refractivity contribution in [2.75, 3.05) is 11.4 Å². The minimum Gasteiger partial charge on any atom is -0.467 e. The summed E-state index contributed by atoms with van der Waals surface area (Å²) in [4.78, 5) is 13.5. The third-order valence-corrected chi connectivity index (χ3v) is 5.05. The molecule has 1 aromatic carbocycles. The number of ketones is 1. The van der Waals surface area contributed by atoms with Gasteiger partial charge in [0.1, 0.15) is 10.7 Å². The van der Waals surface area contributed by atoms with Crippen LogP contribution in [0.3, 0.4) is 0 Å². The molecule has 1 unspecified atom stereocenters. The summed E-state index contributed by atoms with van der Waals surface area (Å²) in [6, 6.07) is 8.29. The van der Waals surface area contributed by atoms with Crippen molar-refractivity contribution in [2.45, 2.75) is 30.7 Å². The van der Waals surface area contributed by atoms with Crippen LogP contribution in [-0.4, -0.2) is 20.7 Å². The number of nitrogens with two attached hydrogens (primary N) is 1. The zero-order chi connectivity index (χ0) is 16.6. The summed E-state index contributed by atoms with van der Waals surface area (Å²) < 4.78 is 29.5. The molecule has 2 aromatic rings. The molecular weight excluding hydrogens is 316 g/mol. The van der Waals surface area contributed by atoms with E-state index in [1.165, 1.54) is 13.0 Å². The van der Waals surface area contributed by atoms with Gasteiger partial charge in [0.05, 0.1) is 18.0 Å². The second-order valence-corrected chi connectivity index (χ2v) is 7.18. The highest BCUT2D eigenvalue weighted by Crippen LogP contribution is 2.39. The molecule has 2 N–H and O–H groups in total. The lowest BCUT2D eigenvalue weighted by Gasteiger charge is -2.27. The summed E-state index contributed by atoms with van der Waals surface area (Å²) >= 11 is 0. The number of carbonyl (C=O) groups is 1. The Morgan fingerprint density at radius 1 is 1.35 bits per heavy atom. The minimum absolute atomic E-state index is 0.0244. The molecule has 1 aliphatic heterocycles. The summed E-state index contributed by atoms with van der Waals surface area (Å²) in [6.07, 6.45) is 3.39. The first kappa shape index (κ1) is 15.8. The van der Waals surface area contributed by atoms with E-state index in [1.807, 2.05) is 17.0 Å². The number of Topliss-reactive ketones (excluding diaryl/α,β-unsaturated/α-hetero) is 1. The Kier molecular flexibility index (Phi) is 3.99. The Hall–Kier alpha value is -2.12. The second-order valence-electron chi connectivity index (χ2n) is 5.65. The number of anilines is 1. The van der Waals surface area contributed by atoms with E-state index in [0.29, 0.717) is 17.8 Å². The highest BCUT2D eigenvalue weighted by atomic mass is 32.2. The van der Waals surface area contributed by atoms with Crippen molar-refractivity contribution in [2.24, 2.45) is 5.14 Å². The van der Waals surface area contributed by atoms with Gasteiger partial charge in [-0.15, -0.1) is 0 Å². The fraction of sp³-hybridized carbons (Fsp3) is 0.312. The average molecular weight is 334 g/mol. The van der Waals surface area contributed by atoms with Crippen molar-refractivity contribution in [3.8, 4) is 0 Å². The summed E-state index contributed by atoms with van der Waals surface area (Å²) in [5, 5.41) is 5.37. The van der Waals surface area contributed by atoms with Gasteiger partial charge in [-0.25, -0.2) is 13.6 Å². The zero-order valence-electron chi connectivity index (χ0n) is 12.7. The van der Waals surface area contributed by atoms with Crippen LogP contribution in [0.1, 0.15) is 41.9 Å². The van der Waals surface area contributed by atoms with Gasteiger partial charge in [0.25, 0.3) is 0 Å². The van der Waals surface area contributed by atoms with Crippen LogP contribution in [0.15, 0.2) is 45.9 Å². The molecule has 1 fully saturated rings. The Morgan fingerprint density at radius 3 is 2.74 bits per heavy atom. The molecule has 0 saturated carbocycles. The smallest absolute Gasteiger partial charge is 0.240 e. The van der Waals surface area contributed by atoms with E-state index in [-0.39, 0.29) is 16.7 Å². The molecule has 1 saturated heterocycles. The first-order chi connectivity index (χ1) is 10.9. The van der Waals surface area contributed by atoms with Crippen LogP contribution in [0.25, 0.3) is 0 Å². The maximum absolute atomic E-state index is 12.0. The maximum Gasteiger partial charge on any atom is 0.240 e. The van der Waals surface area contributed by atoms with Gasteiger partial charge < -0.3 is 9.32 Å². The number of primary sulfonamides is 1. The summed E-state index contributed by atoms with van der Waals surface area (Å²) in [5.74, 6) is 0.587. The van der Waals surface area contributed by atoms with E-state index in [4.69, 9.17) is 9.56 Å². The van der Waals surface area contributed by atoms with Gasteiger partial charge in [0, 0.05) is 12.1 Å². The molecule has 122 valence electrons. The Bertz CT molecular complexity index is 828. The number of hydrogen-bond acceptors (Lipinski definition) is 5. The van der Waals surface area contributed by atoms with Gasteiger partial charge >= 0.3 is 0 Å². The number of rotatable bonds is 4. The molecule has 0 radical (unpaired) electrons. The molecule has 0 spiro atoms. The zero-order valence-corrected chi connectivity index (χ0v) is 13.5. The van der Waals surface area contributed by atoms with E-state index in [9.17, 15) is 13.2 Å². The average Bonchev–Trinajstić information content (AvgIpc) is 3.16. The monoisotopic (exact) mass is 334 g/mol. The molecule has 7 heteroatoms. The highest BCUT2D eigenvalue weighted by molar-refractivity contribution is 7.89. The van der Waals surface area contributed by atoms with Crippen LogP contribution in [0.2, 0.25) is 0 Å². The Labute approximate surface area is 134 Å². The van der Waals surface area contributed by atoms with Gasteiger partial charge in [-0.2, -0.15) is 0 Å². The summed E-state index contributed by atoms with van der Waals surface area (Å²) in [5.41, 5.74) is 0.836. The lowest BCUT2D eigenvalue weighted by atomic mass is 10.1. The lowest BCUT2D eigenvalue weighted by molar-refractivity contribution is 0.101. The van der Waals surface area contributed by atoms with Crippen molar-refractivity contribution < 1.29 is 17.6 Å². The van der Waals surface area contributed by atoms with E-state index >= 15 is 0 Å². The van der Waals surface area contributed by atoms with Crippen molar-refractivity contribution >= 4 is 21.5 Å². The summed E-state index contributed by atoms with van der Waals surface area (Å²) in [6.45, 7) is 2.09. The van der Waals surface area contributed by atoms with Crippen LogP contribution in [0.4, 0.5) is 5.69 Å². The van der Waals surface area contributed by atoms with Gasteiger partial charge in [-0.3, -0.25) is 4.79 Å². The molecule has 6 nitrogen and oxygen atoms in total. The van der Waals surface area contributed by atoms with Crippen molar-refractivity contribution in [3.05, 3.63) is 47.9 Å². The van der Waals surface area contributed by atoms with Crippen molar-refractivity contribution in [3.63, 3.8) is 0 Å². The highest BCUT2D eigenvalue weighted by Gasteiger charge is 2.31. The van der Waals surface area contributed by atoms with Crippen molar-refractivity contribution in [1.82, 2.24) is 0 Å². The predicted molar refractivity (Wildman–Crippen MR) is 85.8 cm³/mol. The molecule has 1 aromatic heterocycles. The van der Waals surface area contributed by atoms with Crippen LogP contribution in [-0.2, 0) is 10.0 Å². The largest absolute Gasteiger partial charge is 0.467 e. The molecule has 1 atom stereocenters. The van der Waals surface area contributed by atoms with Gasteiger partial charge in [0.15, 0.2) is 5.78 Å². The van der Waals surface area contributed by atoms with E-state index in [0.717, 1.165) is 18.6 Å². The minimum atomic E-state index is -3.94. The number of benzene rings is 1. The van der Waals surface area contributed by atoms with E-state index in [1.54, 1.807) is 18.4 Å². The van der Waals surface area contributed by atoms with Gasteiger partial charge in [-0.1, -0.05) is 0 Å². The normalized spacial score (nSPS) is 18.3. The first-order valence-corrected chi connectivity index (χ1v) is 8.90. The molecule has 0 amide bonds. The Balaban J connectivity index is 2.10. The SMILES string of the molecule is CC(=O)c1ccc(N2CCCC2c2ccco2)c(S(N)(=O)=O)c1. The quantitative estimate of drug-likeness (QED) is 0.867. The van der Waals surface area contributed by atoms with E-state index < -0.39 is 10.0 Å². The predicted octanol–water partition coefficient (Wildman–Crippen LogP) is 2.47. The number of furan rings is 1. The van der Waals surface area contributed by atoms with Crippen LogP contribution in [0, 0.1) is 0 Å². The fourth-order valence-electron chi connectivity index (χ4n) is 3.03. The summed E-state index contributed by atoms with van der Waals surface area (Å²) in [7, 11) is -3.94. The molecule has 0 bridgehead atoms. The number of sulfonamides is 1. The van der Waals surface area contributed by atoms with Crippen LogP contribution >= 0.6 is 0 Å². The second kappa shape index (κ2) is 5.82. The third-order valence-electron chi connectivity index (χ3n) is 4.11. The first-order valence-electron chi connectivity index (χ1n) is 7.36. The molecule has 2 heterocycles. The molecule has 23 heavy (non-hydrogen) atoms. The molecule has 1 aliphatic rings. The maximum atomic E-state index is 12.0. The fourth-order valence-corrected chi connectivity index (χ4v) is 3.80. The van der Waals surface area contributed by atoms with Crippen LogP contribution in [0.5, 0.6) is 0 Å². The molecule has 0 aliphatic carbocycles. The van der Waals surface area contributed by atoms with Gasteiger partial charge in [-0.05, 0) is 50.1 Å².